The SMILES string of the molecule is COc1cc(Nc2c(C(=O)N3CCCCCC3)cnc3nc(C)ccc23)cc(OC)c1.Cl. The minimum atomic E-state index is -0.00534. The highest BCUT2D eigenvalue weighted by atomic mass is 35.5. The van der Waals surface area contributed by atoms with Crippen LogP contribution in [0.3, 0.4) is 0 Å². The maximum atomic E-state index is 13.5. The lowest BCUT2D eigenvalue weighted by atomic mass is 10.1. The fraction of sp³-hybridized carbons (Fsp3) is 0.375. The van der Waals surface area contributed by atoms with Gasteiger partial charge in [0.1, 0.15) is 11.5 Å². The van der Waals surface area contributed by atoms with Crippen LogP contribution in [0.1, 0.15) is 41.7 Å². The van der Waals surface area contributed by atoms with Gasteiger partial charge in [0.05, 0.1) is 25.5 Å². The zero-order chi connectivity index (χ0) is 21.8. The van der Waals surface area contributed by atoms with Gasteiger partial charge in [0.15, 0.2) is 5.65 Å². The van der Waals surface area contributed by atoms with Crippen LogP contribution in [0.25, 0.3) is 11.0 Å². The van der Waals surface area contributed by atoms with Crippen LogP contribution >= 0.6 is 12.4 Å². The number of halogens is 1. The molecule has 1 aliphatic heterocycles. The van der Waals surface area contributed by atoms with Crippen molar-refractivity contribution in [2.45, 2.75) is 32.6 Å². The number of nitrogens with zero attached hydrogens (tertiary/aromatic N) is 3. The van der Waals surface area contributed by atoms with E-state index in [1.54, 1.807) is 20.4 Å². The molecule has 0 radical (unpaired) electrons. The molecule has 170 valence electrons. The molecule has 1 saturated heterocycles. The Labute approximate surface area is 194 Å². The molecule has 0 spiro atoms. The normalized spacial score (nSPS) is 13.8. The minimum absolute atomic E-state index is 0. The first-order valence-electron chi connectivity index (χ1n) is 10.6. The zero-order valence-electron chi connectivity index (χ0n) is 18.7. The summed E-state index contributed by atoms with van der Waals surface area (Å²) in [6.07, 6.45) is 6.03. The molecule has 0 bridgehead atoms. The lowest BCUT2D eigenvalue weighted by molar-refractivity contribution is 0.0762. The van der Waals surface area contributed by atoms with E-state index >= 15 is 0 Å². The van der Waals surface area contributed by atoms with Crippen LogP contribution in [0, 0.1) is 6.92 Å². The van der Waals surface area contributed by atoms with Gasteiger partial charge in [0.25, 0.3) is 5.91 Å². The van der Waals surface area contributed by atoms with Gasteiger partial charge in [-0.25, -0.2) is 9.97 Å². The summed E-state index contributed by atoms with van der Waals surface area (Å²) in [6.45, 7) is 3.47. The predicted octanol–water partition coefficient (Wildman–Crippen LogP) is 5.14. The van der Waals surface area contributed by atoms with Crippen molar-refractivity contribution in [3.05, 3.63) is 47.8 Å². The van der Waals surface area contributed by atoms with Crippen LogP contribution in [0.5, 0.6) is 11.5 Å². The summed E-state index contributed by atoms with van der Waals surface area (Å²) in [5.41, 5.74) is 3.48. The molecule has 7 nitrogen and oxygen atoms in total. The Hall–Kier alpha value is -3.06. The standard InChI is InChI=1S/C24H28N4O3.ClH/c1-16-8-9-20-22(27-17-12-18(30-2)14-19(13-17)31-3)21(15-25-23(20)26-16)24(29)28-10-6-4-5-7-11-28;/h8-9,12-15H,4-7,10-11H2,1-3H3,(H,25,26,27);1H. The Morgan fingerprint density at radius 2 is 1.66 bits per heavy atom. The highest BCUT2D eigenvalue weighted by Crippen LogP contribution is 2.33. The number of anilines is 2. The zero-order valence-corrected chi connectivity index (χ0v) is 19.5. The molecule has 0 saturated carbocycles. The number of hydrogen-bond donors (Lipinski definition) is 1. The fourth-order valence-electron chi connectivity index (χ4n) is 3.94. The number of ether oxygens (including phenoxy) is 2. The van der Waals surface area contributed by atoms with E-state index in [4.69, 9.17) is 9.47 Å². The number of carbonyl (C=O) groups excluding carboxylic acids is 1. The van der Waals surface area contributed by atoms with Crippen molar-refractivity contribution in [2.75, 3.05) is 32.6 Å². The number of amides is 1. The Bertz CT molecular complexity index is 1080. The van der Waals surface area contributed by atoms with Gasteiger partial charge in [-0.2, -0.15) is 0 Å². The summed E-state index contributed by atoms with van der Waals surface area (Å²) < 4.78 is 10.8. The lowest BCUT2D eigenvalue weighted by Crippen LogP contribution is -2.32. The van der Waals surface area contributed by atoms with Crippen LogP contribution in [-0.2, 0) is 0 Å². The van der Waals surface area contributed by atoms with Crippen LogP contribution < -0.4 is 14.8 Å². The highest BCUT2D eigenvalue weighted by molar-refractivity contribution is 6.07. The molecule has 32 heavy (non-hydrogen) atoms. The van der Waals surface area contributed by atoms with Crippen molar-refractivity contribution < 1.29 is 14.3 Å². The number of pyridine rings is 2. The van der Waals surface area contributed by atoms with Crippen molar-refractivity contribution in [3.63, 3.8) is 0 Å². The molecular weight excluding hydrogens is 428 g/mol. The summed E-state index contributed by atoms with van der Waals surface area (Å²) >= 11 is 0. The second-order valence-electron chi connectivity index (χ2n) is 7.80. The van der Waals surface area contributed by atoms with E-state index in [-0.39, 0.29) is 18.3 Å². The van der Waals surface area contributed by atoms with E-state index in [9.17, 15) is 4.79 Å². The number of carbonyl (C=O) groups is 1. The minimum Gasteiger partial charge on any atom is -0.497 e. The molecule has 3 heterocycles. The van der Waals surface area contributed by atoms with E-state index in [0.29, 0.717) is 28.4 Å². The van der Waals surface area contributed by atoms with Crippen LogP contribution in [-0.4, -0.2) is 48.1 Å². The second-order valence-corrected chi connectivity index (χ2v) is 7.80. The Balaban J connectivity index is 0.00000289. The summed E-state index contributed by atoms with van der Waals surface area (Å²) in [6, 6.07) is 9.45. The van der Waals surface area contributed by atoms with Gasteiger partial charge in [-0.05, 0) is 31.9 Å². The molecular formula is C24H29ClN4O3. The Kier molecular flexibility index (Phi) is 7.75. The van der Waals surface area contributed by atoms with Gasteiger partial charge < -0.3 is 19.7 Å². The maximum Gasteiger partial charge on any atom is 0.257 e. The third-order valence-corrected chi connectivity index (χ3v) is 5.61. The molecule has 1 aromatic carbocycles. The molecule has 1 fully saturated rings. The highest BCUT2D eigenvalue weighted by Gasteiger charge is 2.23. The molecule has 0 aliphatic carbocycles. The summed E-state index contributed by atoms with van der Waals surface area (Å²) in [5.74, 6) is 1.32. The largest absolute Gasteiger partial charge is 0.497 e. The predicted molar refractivity (Wildman–Crippen MR) is 129 cm³/mol. The second kappa shape index (κ2) is 10.5. The molecule has 8 heteroatoms. The first kappa shape index (κ1) is 23.6. The summed E-state index contributed by atoms with van der Waals surface area (Å²) in [5, 5.41) is 4.23. The van der Waals surface area contributed by atoms with Crippen LogP contribution in [0.15, 0.2) is 36.5 Å². The molecule has 0 atom stereocenters. The lowest BCUT2D eigenvalue weighted by Gasteiger charge is -2.23. The van der Waals surface area contributed by atoms with Crippen molar-refractivity contribution in [1.29, 1.82) is 0 Å². The average molecular weight is 457 g/mol. The van der Waals surface area contributed by atoms with Gasteiger partial charge in [-0.3, -0.25) is 4.79 Å². The van der Waals surface area contributed by atoms with Crippen LogP contribution in [0.2, 0.25) is 0 Å². The Morgan fingerprint density at radius 1 is 1.00 bits per heavy atom. The molecule has 1 aliphatic rings. The number of benzene rings is 1. The fourth-order valence-corrected chi connectivity index (χ4v) is 3.94. The monoisotopic (exact) mass is 456 g/mol. The average Bonchev–Trinajstić information content (AvgIpc) is 3.08. The van der Waals surface area contributed by atoms with Crippen LogP contribution in [0.4, 0.5) is 11.4 Å². The third-order valence-electron chi connectivity index (χ3n) is 5.61. The molecule has 3 aromatic rings. The number of fused-ring (bicyclic) bond motifs is 1. The molecule has 1 amide bonds. The number of rotatable bonds is 5. The molecule has 0 unspecified atom stereocenters. The maximum absolute atomic E-state index is 13.5. The topological polar surface area (TPSA) is 76.6 Å². The van der Waals surface area contributed by atoms with Gasteiger partial charge in [-0.1, -0.05) is 12.8 Å². The number of aromatic nitrogens is 2. The van der Waals surface area contributed by atoms with E-state index in [1.807, 2.05) is 42.2 Å². The number of methoxy groups -OCH3 is 2. The Morgan fingerprint density at radius 3 is 2.28 bits per heavy atom. The van der Waals surface area contributed by atoms with E-state index in [1.165, 1.54) is 0 Å². The molecule has 1 N–H and O–H groups in total. The number of aryl methyl sites for hydroxylation is 1. The van der Waals surface area contributed by atoms with Gasteiger partial charge in [0.2, 0.25) is 0 Å². The number of nitrogens with one attached hydrogen (secondary N) is 1. The van der Waals surface area contributed by atoms with Gasteiger partial charge in [-0.15, -0.1) is 12.4 Å². The van der Waals surface area contributed by atoms with E-state index in [2.05, 4.69) is 15.3 Å². The van der Waals surface area contributed by atoms with Gasteiger partial charge in [0, 0.05) is 54.3 Å². The quantitative estimate of drug-likeness (QED) is 0.573. The van der Waals surface area contributed by atoms with Crippen molar-refractivity contribution in [2.24, 2.45) is 0 Å². The number of hydrogen-bond acceptors (Lipinski definition) is 6. The number of likely N-dealkylation sites (tertiary alicyclic amines) is 1. The first-order valence-corrected chi connectivity index (χ1v) is 10.6. The first-order chi connectivity index (χ1) is 15.1. The van der Waals surface area contributed by atoms with Gasteiger partial charge >= 0.3 is 0 Å². The van der Waals surface area contributed by atoms with E-state index in [0.717, 1.165) is 55.5 Å². The molecule has 2 aromatic heterocycles. The van der Waals surface area contributed by atoms with Crippen molar-refractivity contribution in [3.8, 4) is 11.5 Å². The van der Waals surface area contributed by atoms with Crippen molar-refractivity contribution in [1.82, 2.24) is 14.9 Å². The third kappa shape index (κ3) is 5.05. The van der Waals surface area contributed by atoms with E-state index < -0.39 is 0 Å². The summed E-state index contributed by atoms with van der Waals surface area (Å²) in [7, 11) is 3.22. The smallest absolute Gasteiger partial charge is 0.257 e. The summed E-state index contributed by atoms with van der Waals surface area (Å²) in [4.78, 5) is 24.5. The molecule has 4 rings (SSSR count). The van der Waals surface area contributed by atoms with Crippen molar-refractivity contribution >= 4 is 40.7 Å².